The average molecular weight is 711 g/mol. The van der Waals surface area contributed by atoms with Crippen LogP contribution in [0, 0.1) is 0 Å². The number of benzene rings is 8. The summed E-state index contributed by atoms with van der Waals surface area (Å²) in [6.45, 7) is 0. The van der Waals surface area contributed by atoms with Gasteiger partial charge in [0.1, 0.15) is 16.7 Å². The third-order valence-electron chi connectivity index (χ3n) is 10.3. The van der Waals surface area contributed by atoms with Gasteiger partial charge in [-0.1, -0.05) is 103 Å². The molecule has 0 saturated heterocycles. The van der Waals surface area contributed by atoms with E-state index in [1.165, 1.54) is 31.3 Å². The summed E-state index contributed by atoms with van der Waals surface area (Å²) in [6, 6.07) is 64.1. The molecular formula is C49H30N2O2S. The van der Waals surface area contributed by atoms with E-state index in [4.69, 9.17) is 13.8 Å². The highest BCUT2D eigenvalue weighted by atomic mass is 32.1. The number of fused-ring (bicyclic) bond motifs is 8. The summed E-state index contributed by atoms with van der Waals surface area (Å²) in [7, 11) is 0. The van der Waals surface area contributed by atoms with E-state index in [2.05, 4.69) is 144 Å². The Morgan fingerprint density at radius 1 is 0.389 bits per heavy atom. The van der Waals surface area contributed by atoms with Crippen LogP contribution in [0.4, 0.5) is 17.1 Å². The molecule has 0 unspecified atom stereocenters. The van der Waals surface area contributed by atoms with E-state index in [0.717, 1.165) is 66.8 Å². The molecule has 0 aliphatic rings. The van der Waals surface area contributed by atoms with E-state index < -0.39 is 0 Å². The third-order valence-corrected chi connectivity index (χ3v) is 11.4. The molecule has 0 bridgehead atoms. The Kier molecular flexibility index (Phi) is 7.00. The highest BCUT2D eigenvalue weighted by molar-refractivity contribution is 7.25. The second-order valence-electron chi connectivity index (χ2n) is 13.6. The zero-order valence-electron chi connectivity index (χ0n) is 28.9. The van der Waals surface area contributed by atoms with E-state index in [9.17, 15) is 0 Å². The van der Waals surface area contributed by atoms with Crippen molar-refractivity contribution in [3.63, 3.8) is 0 Å². The van der Waals surface area contributed by atoms with E-state index in [1.54, 1.807) is 0 Å². The van der Waals surface area contributed by atoms with Gasteiger partial charge in [0, 0.05) is 48.2 Å². The summed E-state index contributed by atoms with van der Waals surface area (Å²) in [4.78, 5) is 7.31. The number of hydrogen-bond donors (Lipinski definition) is 0. The van der Waals surface area contributed by atoms with Crippen molar-refractivity contribution in [1.82, 2.24) is 4.98 Å². The van der Waals surface area contributed by atoms with Crippen molar-refractivity contribution < 1.29 is 8.83 Å². The predicted molar refractivity (Wildman–Crippen MR) is 225 cm³/mol. The highest BCUT2D eigenvalue weighted by Crippen LogP contribution is 2.43. The van der Waals surface area contributed by atoms with Gasteiger partial charge in [0.2, 0.25) is 5.89 Å². The Balaban J connectivity index is 1.02. The summed E-state index contributed by atoms with van der Waals surface area (Å²) in [5.74, 6) is 0.601. The maximum Gasteiger partial charge on any atom is 0.227 e. The van der Waals surface area contributed by atoms with Gasteiger partial charge in [0.25, 0.3) is 0 Å². The Hall–Kier alpha value is -6.95. The lowest BCUT2D eigenvalue weighted by Gasteiger charge is -2.26. The lowest BCUT2D eigenvalue weighted by Crippen LogP contribution is -2.09. The lowest BCUT2D eigenvalue weighted by molar-refractivity contribution is 0.619. The second kappa shape index (κ2) is 12.3. The molecule has 3 aromatic heterocycles. The summed E-state index contributed by atoms with van der Waals surface area (Å²) in [6.07, 6.45) is 0. The maximum absolute atomic E-state index is 6.32. The predicted octanol–water partition coefficient (Wildman–Crippen LogP) is 14.6. The Labute approximate surface area is 314 Å². The molecule has 54 heavy (non-hydrogen) atoms. The van der Waals surface area contributed by atoms with Crippen LogP contribution in [-0.2, 0) is 0 Å². The minimum atomic E-state index is 0.601. The SMILES string of the molecule is c1ccc(-c2cccc(N(c3ccc(-c4ccc5oc6ccc7oc(-c8ccccc8)nc7c6c5c4)cc3)c3ccc4c(c3)sc3ccccc34)c2)cc1. The molecule has 0 aliphatic carbocycles. The smallest absolute Gasteiger partial charge is 0.227 e. The number of anilines is 3. The number of furan rings is 1. The van der Waals surface area contributed by atoms with Gasteiger partial charge < -0.3 is 13.7 Å². The van der Waals surface area contributed by atoms with Gasteiger partial charge in [0.15, 0.2) is 5.58 Å². The number of hydrogen-bond acceptors (Lipinski definition) is 5. The van der Waals surface area contributed by atoms with Crippen LogP contribution in [0.25, 0.3) is 86.9 Å². The van der Waals surface area contributed by atoms with Crippen LogP contribution in [0.5, 0.6) is 0 Å². The number of oxazole rings is 1. The highest BCUT2D eigenvalue weighted by Gasteiger charge is 2.19. The monoisotopic (exact) mass is 710 g/mol. The fourth-order valence-electron chi connectivity index (χ4n) is 7.70. The molecule has 0 N–H and O–H groups in total. The molecule has 11 aromatic rings. The van der Waals surface area contributed by atoms with Crippen molar-refractivity contribution in [3.05, 3.63) is 182 Å². The van der Waals surface area contributed by atoms with Crippen LogP contribution in [0.3, 0.4) is 0 Å². The molecule has 0 aliphatic heterocycles. The van der Waals surface area contributed by atoms with Crippen molar-refractivity contribution in [2.45, 2.75) is 0 Å². The third kappa shape index (κ3) is 5.09. The van der Waals surface area contributed by atoms with Crippen molar-refractivity contribution in [1.29, 1.82) is 0 Å². The van der Waals surface area contributed by atoms with Crippen LogP contribution >= 0.6 is 11.3 Å². The molecule has 0 fully saturated rings. The van der Waals surface area contributed by atoms with Crippen molar-refractivity contribution in [2.75, 3.05) is 4.90 Å². The Bertz CT molecular complexity index is 3160. The average Bonchev–Trinajstić information content (AvgIpc) is 3.95. The van der Waals surface area contributed by atoms with Crippen molar-refractivity contribution in [2.24, 2.45) is 0 Å². The zero-order chi connectivity index (χ0) is 35.6. The van der Waals surface area contributed by atoms with Gasteiger partial charge in [0.05, 0.1) is 5.39 Å². The first-order chi connectivity index (χ1) is 26.7. The van der Waals surface area contributed by atoms with Crippen LogP contribution in [0.2, 0.25) is 0 Å². The number of nitrogens with zero attached hydrogens (tertiary/aromatic N) is 2. The minimum absolute atomic E-state index is 0.601. The topological polar surface area (TPSA) is 42.4 Å². The van der Waals surface area contributed by atoms with Crippen molar-refractivity contribution in [3.8, 4) is 33.7 Å². The van der Waals surface area contributed by atoms with Crippen LogP contribution in [0.15, 0.2) is 191 Å². The molecule has 3 heterocycles. The molecule has 0 amide bonds. The number of thiophene rings is 1. The van der Waals surface area contributed by atoms with E-state index in [1.807, 2.05) is 53.8 Å². The lowest BCUT2D eigenvalue weighted by atomic mass is 10.0. The standard InChI is InChI=1S/C49H30N2O2S/c1-3-10-31(11-4-1)34-14-9-15-37(28-34)51(38-23-24-40-39-16-7-8-17-45(39)54-46(40)30-38)36-21-18-32(19-22-36)35-20-25-42-41(29-35)47-43(52-42)26-27-44-48(47)50-49(53-44)33-12-5-2-6-13-33/h1-30H. The molecule has 4 nitrogen and oxygen atoms in total. The van der Waals surface area contributed by atoms with E-state index >= 15 is 0 Å². The first-order valence-electron chi connectivity index (χ1n) is 18.0. The molecule has 5 heteroatoms. The largest absolute Gasteiger partial charge is 0.456 e. The van der Waals surface area contributed by atoms with Gasteiger partial charge in [-0.2, -0.15) is 0 Å². The summed E-state index contributed by atoms with van der Waals surface area (Å²) >= 11 is 1.84. The van der Waals surface area contributed by atoms with Gasteiger partial charge in [-0.3, -0.25) is 0 Å². The quantitative estimate of drug-likeness (QED) is 0.172. The molecule has 254 valence electrons. The van der Waals surface area contributed by atoms with Gasteiger partial charge >= 0.3 is 0 Å². The molecule has 0 saturated carbocycles. The number of rotatable bonds is 6. The second-order valence-corrected chi connectivity index (χ2v) is 14.6. The summed E-state index contributed by atoms with van der Waals surface area (Å²) in [5, 5.41) is 4.57. The van der Waals surface area contributed by atoms with Gasteiger partial charge in [-0.25, -0.2) is 4.98 Å². The molecule has 0 radical (unpaired) electrons. The van der Waals surface area contributed by atoms with Gasteiger partial charge in [-0.15, -0.1) is 11.3 Å². The molecule has 11 rings (SSSR count). The van der Waals surface area contributed by atoms with Crippen LogP contribution < -0.4 is 4.90 Å². The van der Waals surface area contributed by atoms with Gasteiger partial charge in [-0.05, 0) is 101 Å². The Morgan fingerprint density at radius 2 is 1.02 bits per heavy atom. The Morgan fingerprint density at radius 3 is 1.87 bits per heavy atom. The van der Waals surface area contributed by atoms with Crippen LogP contribution in [0.1, 0.15) is 0 Å². The molecule has 8 aromatic carbocycles. The summed E-state index contributed by atoms with van der Waals surface area (Å²) < 4.78 is 15.1. The summed E-state index contributed by atoms with van der Waals surface area (Å²) in [5.41, 5.74) is 12.0. The molecular weight excluding hydrogens is 681 g/mol. The van der Waals surface area contributed by atoms with E-state index in [0.29, 0.717) is 5.89 Å². The maximum atomic E-state index is 6.32. The van der Waals surface area contributed by atoms with Crippen LogP contribution in [-0.4, -0.2) is 4.98 Å². The fraction of sp³-hybridized carbons (Fsp3) is 0. The first-order valence-corrected chi connectivity index (χ1v) is 18.8. The molecule has 0 atom stereocenters. The number of aromatic nitrogens is 1. The zero-order valence-corrected chi connectivity index (χ0v) is 29.8. The van der Waals surface area contributed by atoms with E-state index in [-0.39, 0.29) is 0 Å². The normalized spacial score (nSPS) is 11.7. The molecule has 0 spiro atoms. The minimum Gasteiger partial charge on any atom is -0.456 e. The fourth-order valence-corrected chi connectivity index (χ4v) is 8.84. The van der Waals surface area contributed by atoms with Crippen molar-refractivity contribution >= 4 is 81.6 Å². The first kappa shape index (κ1) is 30.7.